The van der Waals surface area contributed by atoms with Gasteiger partial charge in [-0.3, -0.25) is 9.59 Å². The van der Waals surface area contributed by atoms with E-state index in [0.717, 1.165) is 30.2 Å². The molecule has 25 heavy (non-hydrogen) atoms. The van der Waals surface area contributed by atoms with E-state index in [2.05, 4.69) is 26.2 Å². The summed E-state index contributed by atoms with van der Waals surface area (Å²) in [4.78, 5) is 31.3. The van der Waals surface area contributed by atoms with Gasteiger partial charge in [0.1, 0.15) is 6.54 Å². The minimum absolute atomic E-state index is 0.0460. The summed E-state index contributed by atoms with van der Waals surface area (Å²) < 4.78 is 0.751. The Bertz CT molecular complexity index is 730. The molecule has 2 aromatic rings. The zero-order valence-corrected chi connectivity index (χ0v) is 16.2. The smallest absolute Gasteiger partial charge is 0.255 e. The van der Waals surface area contributed by atoms with Crippen LogP contribution in [0.2, 0.25) is 0 Å². The van der Waals surface area contributed by atoms with Gasteiger partial charge in [0, 0.05) is 22.1 Å². The first-order valence-corrected chi connectivity index (χ1v) is 10.1. The Labute approximate surface area is 159 Å². The number of rotatable bonds is 5. The quantitative estimate of drug-likeness (QED) is 0.781. The Morgan fingerprint density at radius 1 is 1.24 bits per heavy atom. The van der Waals surface area contributed by atoms with E-state index in [9.17, 15) is 9.59 Å². The second-order valence-corrected chi connectivity index (χ2v) is 7.84. The summed E-state index contributed by atoms with van der Waals surface area (Å²) in [7, 11) is 0. The maximum Gasteiger partial charge on any atom is 0.255 e. The van der Waals surface area contributed by atoms with Crippen molar-refractivity contribution in [2.45, 2.75) is 38.1 Å². The molecule has 1 N–H and O–H groups in total. The second-order valence-electron chi connectivity index (χ2n) is 6.09. The molecular formula is C18H20BrN3O2S. The first-order valence-electron chi connectivity index (χ1n) is 8.40. The summed E-state index contributed by atoms with van der Waals surface area (Å²) in [5.74, 6) is -0.311. The number of hydrogen-bond acceptors (Lipinski definition) is 4. The fourth-order valence-electron chi connectivity index (χ4n) is 3.15. The first kappa shape index (κ1) is 18.1. The molecular weight excluding hydrogens is 402 g/mol. The van der Waals surface area contributed by atoms with Crippen molar-refractivity contribution >= 4 is 44.2 Å². The van der Waals surface area contributed by atoms with E-state index < -0.39 is 0 Å². The van der Waals surface area contributed by atoms with Gasteiger partial charge in [-0.15, -0.1) is 11.3 Å². The highest BCUT2D eigenvalue weighted by molar-refractivity contribution is 9.10. The van der Waals surface area contributed by atoms with Gasteiger partial charge in [-0.1, -0.05) is 31.4 Å². The summed E-state index contributed by atoms with van der Waals surface area (Å²) in [5.41, 5.74) is 0.593. The predicted octanol–water partition coefficient (Wildman–Crippen LogP) is 4.32. The number of aromatic nitrogens is 1. The van der Waals surface area contributed by atoms with Crippen molar-refractivity contribution in [3.63, 3.8) is 0 Å². The number of benzene rings is 1. The lowest BCUT2D eigenvalue weighted by Crippen LogP contribution is -2.45. The first-order chi connectivity index (χ1) is 12.1. The standard InChI is InChI=1S/C18H20BrN3O2S/c19-15-9-5-4-8-14(15)17(24)22(13-6-2-1-3-7-13)12-16(23)21-18-20-10-11-25-18/h4-5,8-11,13H,1-3,6-7,12H2,(H,20,21,23). The largest absolute Gasteiger partial charge is 0.326 e. The highest BCUT2D eigenvalue weighted by Gasteiger charge is 2.29. The molecule has 7 heteroatoms. The Morgan fingerprint density at radius 3 is 2.68 bits per heavy atom. The van der Waals surface area contributed by atoms with Gasteiger partial charge in [0.25, 0.3) is 5.91 Å². The number of halogens is 1. The Kier molecular flexibility index (Phi) is 6.20. The highest BCUT2D eigenvalue weighted by atomic mass is 79.9. The highest BCUT2D eigenvalue weighted by Crippen LogP contribution is 2.26. The van der Waals surface area contributed by atoms with E-state index in [-0.39, 0.29) is 24.4 Å². The van der Waals surface area contributed by atoms with Gasteiger partial charge in [-0.05, 0) is 40.9 Å². The lowest BCUT2D eigenvalue weighted by Gasteiger charge is -2.34. The van der Waals surface area contributed by atoms with Crippen molar-refractivity contribution in [3.8, 4) is 0 Å². The average molecular weight is 422 g/mol. The maximum absolute atomic E-state index is 13.1. The topological polar surface area (TPSA) is 62.3 Å². The van der Waals surface area contributed by atoms with Crippen LogP contribution in [0.3, 0.4) is 0 Å². The van der Waals surface area contributed by atoms with Gasteiger partial charge in [-0.25, -0.2) is 4.98 Å². The van der Waals surface area contributed by atoms with Crippen LogP contribution in [0.15, 0.2) is 40.3 Å². The zero-order chi connectivity index (χ0) is 17.6. The summed E-state index contributed by atoms with van der Waals surface area (Å²) in [6, 6.07) is 7.46. The number of nitrogens with one attached hydrogen (secondary N) is 1. The van der Waals surface area contributed by atoms with Crippen molar-refractivity contribution in [2.75, 3.05) is 11.9 Å². The molecule has 0 aliphatic heterocycles. The van der Waals surface area contributed by atoms with E-state index in [1.54, 1.807) is 22.5 Å². The third-order valence-corrected chi connectivity index (χ3v) is 5.75. The van der Waals surface area contributed by atoms with Crippen LogP contribution in [-0.4, -0.2) is 34.3 Å². The van der Waals surface area contributed by atoms with Crippen LogP contribution in [0.5, 0.6) is 0 Å². The van der Waals surface area contributed by atoms with Gasteiger partial charge in [0.2, 0.25) is 5.91 Å². The van der Waals surface area contributed by atoms with Crippen LogP contribution in [-0.2, 0) is 4.79 Å². The SMILES string of the molecule is O=C(CN(C(=O)c1ccccc1Br)C1CCCCC1)Nc1nccs1. The molecule has 2 amide bonds. The Balaban J connectivity index is 1.78. The summed E-state index contributed by atoms with van der Waals surface area (Å²) in [5, 5.41) is 5.14. The third kappa shape index (κ3) is 4.67. The van der Waals surface area contributed by atoms with Crippen molar-refractivity contribution in [2.24, 2.45) is 0 Å². The maximum atomic E-state index is 13.1. The second kappa shape index (κ2) is 8.58. The number of nitrogens with zero attached hydrogens (tertiary/aromatic N) is 2. The van der Waals surface area contributed by atoms with Gasteiger partial charge in [-0.2, -0.15) is 0 Å². The van der Waals surface area contributed by atoms with E-state index in [0.29, 0.717) is 10.7 Å². The van der Waals surface area contributed by atoms with E-state index >= 15 is 0 Å². The molecule has 1 aliphatic carbocycles. The number of carbonyl (C=O) groups is 2. The van der Waals surface area contributed by atoms with Gasteiger partial charge in [0.05, 0.1) is 5.56 Å². The molecule has 0 unspecified atom stereocenters. The number of carbonyl (C=O) groups excluding carboxylic acids is 2. The van der Waals surface area contributed by atoms with E-state index in [1.807, 2.05) is 18.2 Å². The Morgan fingerprint density at radius 2 is 2.00 bits per heavy atom. The minimum Gasteiger partial charge on any atom is -0.326 e. The summed E-state index contributed by atoms with van der Waals surface area (Å²) in [6.07, 6.45) is 6.92. The number of hydrogen-bond donors (Lipinski definition) is 1. The molecule has 3 rings (SSSR count). The summed E-state index contributed by atoms with van der Waals surface area (Å²) >= 11 is 4.81. The number of thiazole rings is 1. The van der Waals surface area contributed by atoms with Crippen LogP contribution in [0.25, 0.3) is 0 Å². The monoisotopic (exact) mass is 421 g/mol. The van der Waals surface area contributed by atoms with Crippen molar-refractivity contribution in [1.29, 1.82) is 0 Å². The minimum atomic E-state index is -0.207. The van der Waals surface area contributed by atoms with Crippen LogP contribution in [0.1, 0.15) is 42.5 Å². The predicted molar refractivity (Wildman–Crippen MR) is 103 cm³/mol. The number of amides is 2. The molecule has 1 heterocycles. The molecule has 0 radical (unpaired) electrons. The van der Waals surface area contributed by atoms with Gasteiger partial charge in [0.15, 0.2) is 5.13 Å². The van der Waals surface area contributed by atoms with E-state index in [4.69, 9.17) is 0 Å². The van der Waals surface area contributed by atoms with E-state index in [1.165, 1.54) is 17.8 Å². The van der Waals surface area contributed by atoms with Crippen molar-refractivity contribution < 1.29 is 9.59 Å². The van der Waals surface area contributed by atoms with Crippen LogP contribution < -0.4 is 5.32 Å². The molecule has 1 aromatic heterocycles. The normalized spacial score (nSPS) is 14.9. The van der Waals surface area contributed by atoms with Crippen LogP contribution in [0, 0.1) is 0 Å². The fraction of sp³-hybridized carbons (Fsp3) is 0.389. The van der Waals surface area contributed by atoms with Crippen LogP contribution in [0.4, 0.5) is 5.13 Å². The zero-order valence-electron chi connectivity index (χ0n) is 13.8. The molecule has 1 fully saturated rings. The molecule has 0 atom stereocenters. The Hall–Kier alpha value is -1.73. The third-order valence-electron chi connectivity index (χ3n) is 4.37. The molecule has 1 aromatic carbocycles. The summed E-state index contributed by atoms with van der Waals surface area (Å²) in [6.45, 7) is 0.0460. The molecule has 0 saturated heterocycles. The van der Waals surface area contributed by atoms with Crippen molar-refractivity contribution in [1.82, 2.24) is 9.88 Å². The van der Waals surface area contributed by atoms with Crippen molar-refractivity contribution in [3.05, 3.63) is 45.9 Å². The van der Waals surface area contributed by atoms with Gasteiger partial charge < -0.3 is 10.2 Å². The lowest BCUT2D eigenvalue weighted by atomic mass is 9.93. The van der Waals surface area contributed by atoms with Gasteiger partial charge >= 0.3 is 0 Å². The molecule has 132 valence electrons. The molecule has 0 bridgehead atoms. The molecule has 5 nitrogen and oxygen atoms in total. The van der Waals surface area contributed by atoms with Crippen LogP contribution >= 0.6 is 27.3 Å². The molecule has 0 spiro atoms. The average Bonchev–Trinajstić information content (AvgIpc) is 3.13. The fourth-order valence-corrected chi connectivity index (χ4v) is 4.15. The lowest BCUT2D eigenvalue weighted by molar-refractivity contribution is -0.117. The molecule has 1 aliphatic rings. The number of anilines is 1. The molecule has 1 saturated carbocycles.